The van der Waals surface area contributed by atoms with Gasteiger partial charge in [-0.25, -0.2) is 4.98 Å². The van der Waals surface area contributed by atoms with Gasteiger partial charge in [-0.05, 0) is 18.1 Å². The second-order valence-electron chi connectivity index (χ2n) is 5.52. The van der Waals surface area contributed by atoms with Crippen molar-refractivity contribution in [1.82, 2.24) is 24.6 Å². The number of pyridine rings is 1. The number of nitrogens with zero attached hydrogens (tertiary/aromatic N) is 4. The molecule has 2 N–H and O–H groups in total. The molecule has 7 nitrogen and oxygen atoms in total. The lowest BCUT2D eigenvalue weighted by Crippen LogP contribution is -2.11. The zero-order valence-corrected chi connectivity index (χ0v) is 13.2. The first-order valence-electron chi connectivity index (χ1n) is 7.79. The molecule has 0 saturated heterocycles. The van der Waals surface area contributed by atoms with E-state index in [1.807, 2.05) is 37.3 Å². The summed E-state index contributed by atoms with van der Waals surface area (Å²) in [5.74, 6) is 1.37. The summed E-state index contributed by atoms with van der Waals surface area (Å²) in [6.07, 6.45) is 2.29. The predicted molar refractivity (Wildman–Crippen MR) is 92.1 cm³/mol. The van der Waals surface area contributed by atoms with E-state index in [1.54, 1.807) is 10.6 Å². The molecule has 3 heterocycles. The summed E-state index contributed by atoms with van der Waals surface area (Å²) in [6.45, 7) is 2.55. The van der Waals surface area contributed by atoms with Gasteiger partial charge in [0.05, 0.1) is 0 Å². The fraction of sp³-hybridized carbons (Fsp3) is 0.176. The maximum Gasteiger partial charge on any atom is 0.254 e. The average molecular weight is 320 g/mol. The number of hydrogen-bond acceptors (Lipinski definition) is 5. The Morgan fingerprint density at radius 2 is 2.12 bits per heavy atom. The van der Waals surface area contributed by atoms with Crippen molar-refractivity contribution in [3.05, 3.63) is 64.3 Å². The number of benzene rings is 1. The van der Waals surface area contributed by atoms with E-state index in [-0.39, 0.29) is 5.56 Å². The Morgan fingerprint density at radius 3 is 3.00 bits per heavy atom. The van der Waals surface area contributed by atoms with Crippen LogP contribution in [0.4, 0.5) is 5.82 Å². The van der Waals surface area contributed by atoms with Crippen LogP contribution in [0.1, 0.15) is 18.2 Å². The van der Waals surface area contributed by atoms with Gasteiger partial charge < -0.3 is 10.3 Å². The van der Waals surface area contributed by atoms with Gasteiger partial charge in [0.2, 0.25) is 5.56 Å². The zero-order chi connectivity index (χ0) is 16.5. The van der Waals surface area contributed by atoms with Gasteiger partial charge in [0, 0.05) is 35.3 Å². The summed E-state index contributed by atoms with van der Waals surface area (Å²) in [4.78, 5) is 23.3. The SMILES string of the molecule is CCc1cc(NCc2cc(=O)[nH]c3ccccc23)n2ncnc2n1. The number of hydrogen-bond donors (Lipinski definition) is 2. The third-order valence-electron chi connectivity index (χ3n) is 3.96. The minimum atomic E-state index is -0.111. The Labute approximate surface area is 137 Å². The molecule has 7 heteroatoms. The third kappa shape index (κ3) is 2.50. The molecule has 1 aromatic carbocycles. The molecule has 0 aliphatic rings. The molecular formula is C17H16N6O. The Bertz CT molecular complexity index is 1080. The topological polar surface area (TPSA) is 88.0 Å². The molecule has 0 saturated carbocycles. The summed E-state index contributed by atoms with van der Waals surface area (Å²) in [7, 11) is 0. The average Bonchev–Trinajstić information content (AvgIpc) is 3.07. The Kier molecular flexibility index (Phi) is 3.45. The van der Waals surface area contributed by atoms with Gasteiger partial charge in [-0.3, -0.25) is 4.79 Å². The molecule has 0 aliphatic heterocycles. The van der Waals surface area contributed by atoms with Crippen molar-refractivity contribution in [2.45, 2.75) is 19.9 Å². The smallest absolute Gasteiger partial charge is 0.254 e. The number of fused-ring (bicyclic) bond motifs is 2. The Hall–Kier alpha value is -3.22. The molecule has 120 valence electrons. The van der Waals surface area contributed by atoms with Crippen molar-refractivity contribution in [3.8, 4) is 0 Å². The Balaban J connectivity index is 1.73. The molecule has 4 aromatic rings. The molecular weight excluding hydrogens is 304 g/mol. The highest BCUT2D eigenvalue weighted by molar-refractivity contribution is 5.82. The first-order valence-corrected chi connectivity index (χ1v) is 7.79. The molecule has 0 unspecified atom stereocenters. The Morgan fingerprint density at radius 1 is 1.25 bits per heavy atom. The van der Waals surface area contributed by atoms with Gasteiger partial charge in [0.25, 0.3) is 5.78 Å². The molecule has 0 aliphatic carbocycles. The standard InChI is InChI=1S/C17H16N6O/c1-2-12-8-15(23-17(21-12)19-10-20-23)18-9-11-7-16(24)22-14-6-4-3-5-13(11)14/h3-8,10,18H,2,9H2,1H3,(H,22,24). The van der Waals surface area contributed by atoms with Gasteiger partial charge in [0.15, 0.2) is 0 Å². The highest BCUT2D eigenvalue weighted by Crippen LogP contribution is 2.17. The number of aromatic nitrogens is 5. The minimum absolute atomic E-state index is 0.111. The van der Waals surface area contributed by atoms with Crippen LogP contribution in [0, 0.1) is 0 Å². The fourth-order valence-electron chi connectivity index (χ4n) is 2.78. The van der Waals surface area contributed by atoms with Crippen LogP contribution in [0.3, 0.4) is 0 Å². The minimum Gasteiger partial charge on any atom is -0.366 e. The van der Waals surface area contributed by atoms with Crippen molar-refractivity contribution < 1.29 is 0 Å². The maximum atomic E-state index is 11.9. The van der Waals surface area contributed by atoms with Crippen LogP contribution < -0.4 is 10.9 Å². The van der Waals surface area contributed by atoms with E-state index in [2.05, 4.69) is 25.4 Å². The van der Waals surface area contributed by atoms with Crippen molar-refractivity contribution in [2.24, 2.45) is 0 Å². The van der Waals surface area contributed by atoms with Crippen LogP contribution in [0.25, 0.3) is 16.7 Å². The predicted octanol–water partition coefficient (Wildman–Crippen LogP) is 2.14. The van der Waals surface area contributed by atoms with Crippen LogP contribution in [-0.4, -0.2) is 24.6 Å². The molecule has 0 radical (unpaired) electrons. The van der Waals surface area contributed by atoms with Crippen LogP contribution in [0.15, 0.2) is 47.5 Å². The molecule has 3 aromatic heterocycles. The summed E-state index contributed by atoms with van der Waals surface area (Å²) < 4.78 is 1.66. The number of nitrogens with one attached hydrogen (secondary N) is 2. The van der Waals surface area contributed by atoms with Gasteiger partial charge in [-0.15, -0.1) is 0 Å². The van der Waals surface area contributed by atoms with E-state index in [1.165, 1.54) is 6.33 Å². The first-order chi connectivity index (χ1) is 11.7. The van der Waals surface area contributed by atoms with Crippen LogP contribution >= 0.6 is 0 Å². The summed E-state index contributed by atoms with van der Waals surface area (Å²) in [6, 6.07) is 11.3. The summed E-state index contributed by atoms with van der Waals surface area (Å²) in [5, 5.41) is 8.57. The van der Waals surface area contributed by atoms with Gasteiger partial charge >= 0.3 is 0 Å². The van der Waals surface area contributed by atoms with E-state index < -0.39 is 0 Å². The molecule has 24 heavy (non-hydrogen) atoms. The number of para-hydroxylation sites is 1. The molecule has 4 rings (SSSR count). The molecule has 0 spiro atoms. The number of rotatable bonds is 4. The third-order valence-corrected chi connectivity index (χ3v) is 3.96. The monoisotopic (exact) mass is 320 g/mol. The van der Waals surface area contributed by atoms with Gasteiger partial charge in [-0.1, -0.05) is 25.1 Å². The summed E-state index contributed by atoms with van der Waals surface area (Å²) in [5.41, 5.74) is 2.59. The highest BCUT2D eigenvalue weighted by Gasteiger charge is 2.08. The number of H-pyrrole nitrogens is 1. The van der Waals surface area contributed by atoms with Gasteiger partial charge in [-0.2, -0.15) is 14.6 Å². The maximum absolute atomic E-state index is 11.9. The van der Waals surface area contributed by atoms with Crippen molar-refractivity contribution >= 4 is 22.5 Å². The van der Waals surface area contributed by atoms with Crippen LogP contribution in [0.5, 0.6) is 0 Å². The van der Waals surface area contributed by atoms with Crippen molar-refractivity contribution in [1.29, 1.82) is 0 Å². The number of aryl methyl sites for hydroxylation is 1. The van der Waals surface area contributed by atoms with Gasteiger partial charge in [0.1, 0.15) is 12.1 Å². The molecule has 0 amide bonds. The van der Waals surface area contributed by atoms with Crippen molar-refractivity contribution in [3.63, 3.8) is 0 Å². The quantitative estimate of drug-likeness (QED) is 0.601. The number of anilines is 1. The second-order valence-corrected chi connectivity index (χ2v) is 5.52. The van der Waals surface area contributed by atoms with Crippen molar-refractivity contribution in [2.75, 3.05) is 5.32 Å². The summed E-state index contributed by atoms with van der Waals surface area (Å²) >= 11 is 0. The normalized spacial score (nSPS) is 11.2. The lowest BCUT2D eigenvalue weighted by Gasteiger charge is -2.11. The van der Waals surface area contributed by atoms with Crippen LogP contribution in [0.2, 0.25) is 0 Å². The van der Waals surface area contributed by atoms with Crippen LogP contribution in [-0.2, 0) is 13.0 Å². The van der Waals surface area contributed by atoms with E-state index >= 15 is 0 Å². The first kappa shape index (κ1) is 14.4. The van der Waals surface area contributed by atoms with E-state index in [9.17, 15) is 4.79 Å². The fourth-order valence-corrected chi connectivity index (χ4v) is 2.78. The van der Waals surface area contributed by atoms with E-state index in [4.69, 9.17) is 0 Å². The highest BCUT2D eigenvalue weighted by atomic mass is 16.1. The molecule has 0 fully saturated rings. The number of aromatic amines is 1. The largest absolute Gasteiger partial charge is 0.366 e. The zero-order valence-electron chi connectivity index (χ0n) is 13.2. The lowest BCUT2D eigenvalue weighted by atomic mass is 10.1. The van der Waals surface area contributed by atoms with E-state index in [0.29, 0.717) is 12.3 Å². The molecule has 0 atom stereocenters. The second kappa shape index (κ2) is 5.77. The molecule has 0 bridgehead atoms. The van der Waals surface area contributed by atoms with E-state index in [0.717, 1.165) is 34.4 Å². The lowest BCUT2D eigenvalue weighted by molar-refractivity contribution is 0.901.